The molecule has 0 atom stereocenters. The summed E-state index contributed by atoms with van der Waals surface area (Å²) in [4.78, 5) is 8.84. The van der Waals surface area contributed by atoms with Gasteiger partial charge in [0, 0.05) is 21.8 Å². The van der Waals surface area contributed by atoms with E-state index in [9.17, 15) is 0 Å². The average molecular weight is 375 g/mol. The van der Waals surface area contributed by atoms with E-state index in [-0.39, 0.29) is 0 Å². The normalized spacial score (nSPS) is 10.5. The van der Waals surface area contributed by atoms with Gasteiger partial charge in [-0.3, -0.25) is 0 Å². The smallest absolute Gasteiger partial charge is 0.163 e. The van der Waals surface area contributed by atoms with Crippen LogP contribution in [0.25, 0.3) is 11.4 Å². The van der Waals surface area contributed by atoms with Gasteiger partial charge >= 0.3 is 0 Å². The van der Waals surface area contributed by atoms with Gasteiger partial charge < -0.3 is 5.32 Å². The summed E-state index contributed by atoms with van der Waals surface area (Å²) >= 11 is 9.66. The summed E-state index contributed by atoms with van der Waals surface area (Å²) in [6, 6.07) is 17.5. The molecule has 5 heteroatoms. The van der Waals surface area contributed by atoms with Crippen molar-refractivity contribution >= 4 is 39.0 Å². The van der Waals surface area contributed by atoms with Gasteiger partial charge in [0.25, 0.3) is 0 Å². The van der Waals surface area contributed by atoms with Crippen molar-refractivity contribution in [3.05, 3.63) is 69.8 Å². The summed E-state index contributed by atoms with van der Waals surface area (Å²) in [6.45, 7) is 2.04. The lowest BCUT2D eigenvalue weighted by atomic mass is 10.2. The standard InChI is InChI=1S/C17H13BrClN3/c1-11-13(18)8-5-9-14(11)20-16-10-15(19)21-17(22-16)12-6-3-2-4-7-12/h2-10H,1H3,(H,20,21,22). The molecule has 3 aromatic rings. The first-order chi connectivity index (χ1) is 10.6. The van der Waals surface area contributed by atoms with Crippen LogP contribution in [-0.2, 0) is 0 Å². The number of nitrogens with zero attached hydrogens (tertiary/aromatic N) is 2. The van der Waals surface area contributed by atoms with Crippen molar-refractivity contribution < 1.29 is 0 Å². The van der Waals surface area contributed by atoms with Gasteiger partial charge in [0.15, 0.2) is 5.82 Å². The molecule has 2 aromatic carbocycles. The quantitative estimate of drug-likeness (QED) is 0.605. The van der Waals surface area contributed by atoms with Crippen LogP contribution in [-0.4, -0.2) is 9.97 Å². The fourth-order valence-electron chi connectivity index (χ4n) is 2.08. The maximum atomic E-state index is 6.14. The summed E-state index contributed by atoms with van der Waals surface area (Å²) < 4.78 is 1.04. The van der Waals surface area contributed by atoms with Gasteiger partial charge in [-0.25, -0.2) is 9.97 Å². The third-order valence-electron chi connectivity index (χ3n) is 3.26. The molecule has 0 unspecified atom stereocenters. The molecule has 3 nitrogen and oxygen atoms in total. The number of aromatic nitrogens is 2. The maximum absolute atomic E-state index is 6.14. The second kappa shape index (κ2) is 6.46. The van der Waals surface area contributed by atoms with E-state index in [4.69, 9.17) is 11.6 Å². The zero-order valence-electron chi connectivity index (χ0n) is 11.8. The van der Waals surface area contributed by atoms with Crippen molar-refractivity contribution in [1.82, 2.24) is 9.97 Å². The zero-order chi connectivity index (χ0) is 15.5. The molecule has 0 radical (unpaired) electrons. The molecular weight excluding hydrogens is 362 g/mol. The molecule has 0 aliphatic heterocycles. The number of benzene rings is 2. The molecule has 0 spiro atoms. The average Bonchev–Trinajstić information content (AvgIpc) is 2.52. The van der Waals surface area contributed by atoms with Crippen LogP contribution in [0.1, 0.15) is 5.56 Å². The predicted molar refractivity (Wildman–Crippen MR) is 94.6 cm³/mol. The van der Waals surface area contributed by atoms with Gasteiger partial charge in [0.1, 0.15) is 11.0 Å². The largest absolute Gasteiger partial charge is 0.340 e. The number of nitrogens with one attached hydrogen (secondary N) is 1. The van der Waals surface area contributed by atoms with Crippen LogP contribution < -0.4 is 5.32 Å². The summed E-state index contributed by atoms with van der Waals surface area (Å²) in [5.74, 6) is 1.27. The molecule has 0 amide bonds. The second-order valence-corrected chi connectivity index (χ2v) is 6.04. The minimum absolute atomic E-state index is 0.406. The predicted octanol–water partition coefficient (Wildman–Crippen LogP) is 5.61. The minimum Gasteiger partial charge on any atom is -0.340 e. The highest BCUT2D eigenvalue weighted by Gasteiger charge is 2.08. The number of halogens is 2. The Hall–Kier alpha value is -1.91. The lowest BCUT2D eigenvalue weighted by molar-refractivity contribution is 1.17. The molecule has 0 saturated heterocycles. The van der Waals surface area contributed by atoms with Crippen molar-refractivity contribution in [3.8, 4) is 11.4 Å². The fraction of sp³-hybridized carbons (Fsp3) is 0.0588. The Morgan fingerprint density at radius 3 is 2.55 bits per heavy atom. The Bertz CT molecular complexity index is 806. The topological polar surface area (TPSA) is 37.8 Å². The third kappa shape index (κ3) is 3.29. The van der Waals surface area contributed by atoms with Crippen molar-refractivity contribution in [1.29, 1.82) is 0 Å². The van der Waals surface area contributed by atoms with E-state index in [1.807, 2.05) is 55.5 Å². The minimum atomic E-state index is 0.406. The molecule has 0 bridgehead atoms. The van der Waals surface area contributed by atoms with Gasteiger partial charge in [-0.1, -0.05) is 63.9 Å². The Labute approximate surface area is 142 Å². The number of hydrogen-bond acceptors (Lipinski definition) is 3. The van der Waals surface area contributed by atoms with Gasteiger partial charge in [0.05, 0.1) is 0 Å². The molecular formula is C17H13BrClN3. The molecule has 0 fully saturated rings. The second-order valence-electron chi connectivity index (χ2n) is 4.80. The Morgan fingerprint density at radius 1 is 1.00 bits per heavy atom. The lowest BCUT2D eigenvalue weighted by Gasteiger charge is -2.11. The highest BCUT2D eigenvalue weighted by Crippen LogP contribution is 2.27. The summed E-state index contributed by atoms with van der Waals surface area (Å²) in [6.07, 6.45) is 0. The van der Waals surface area contributed by atoms with E-state index in [0.717, 1.165) is 21.3 Å². The SMILES string of the molecule is Cc1c(Br)cccc1Nc1cc(Cl)nc(-c2ccccc2)n1. The highest BCUT2D eigenvalue weighted by molar-refractivity contribution is 9.10. The summed E-state index contributed by atoms with van der Waals surface area (Å²) in [5.41, 5.74) is 3.01. The third-order valence-corrected chi connectivity index (χ3v) is 4.31. The van der Waals surface area contributed by atoms with E-state index >= 15 is 0 Å². The Balaban J connectivity index is 1.98. The summed E-state index contributed by atoms with van der Waals surface area (Å²) in [7, 11) is 0. The molecule has 3 rings (SSSR count). The van der Waals surface area contributed by atoms with Gasteiger partial charge in [-0.2, -0.15) is 0 Å². The van der Waals surface area contributed by atoms with Crippen molar-refractivity contribution in [2.24, 2.45) is 0 Å². The van der Waals surface area contributed by atoms with E-state index in [0.29, 0.717) is 16.8 Å². The lowest BCUT2D eigenvalue weighted by Crippen LogP contribution is -1.99. The number of rotatable bonds is 3. The van der Waals surface area contributed by atoms with E-state index < -0.39 is 0 Å². The van der Waals surface area contributed by atoms with Crippen LogP contribution in [0.4, 0.5) is 11.5 Å². The molecule has 0 saturated carbocycles. The first-order valence-electron chi connectivity index (χ1n) is 6.75. The van der Waals surface area contributed by atoms with Gasteiger partial charge in [0.2, 0.25) is 0 Å². The zero-order valence-corrected chi connectivity index (χ0v) is 14.2. The van der Waals surface area contributed by atoms with Crippen molar-refractivity contribution in [2.75, 3.05) is 5.32 Å². The van der Waals surface area contributed by atoms with E-state index in [2.05, 4.69) is 31.2 Å². The van der Waals surface area contributed by atoms with Crippen LogP contribution in [0.15, 0.2) is 59.1 Å². The fourth-order valence-corrected chi connectivity index (χ4v) is 2.63. The number of anilines is 2. The molecule has 1 heterocycles. The molecule has 0 aliphatic rings. The number of hydrogen-bond donors (Lipinski definition) is 1. The Morgan fingerprint density at radius 2 is 1.77 bits per heavy atom. The molecule has 0 aliphatic carbocycles. The summed E-state index contributed by atoms with van der Waals surface area (Å²) in [5, 5.41) is 3.70. The Kier molecular flexibility index (Phi) is 4.41. The van der Waals surface area contributed by atoms with Gasteiger partial charge in [-0.05, 0) is 24.6 Å². The van der Waals surface area contributed by atoms with Crippen LogP contribution in [0.3, 0.4) is 0 Å². The van der Waals surface area contributed by atoms with Crippen molar-refractivity contribution in [2.45, 2.75) is 6.92 Å². The van der Waals surface area contributed by atoms with E-state index in [1.165, 1.54) is 0 Å². The van der Waals surface area contributed by atoms with Crippen LogP contribution in [0.5, 0.6) is 0 Å². The first-order valence-corrected chi connectivity index (χ1v) is 7.93. The van der Waals surface area contributed by atoms with Crippen molar-refractivity contribution in [3.63, 3.8) is 0 Å². The van der Waals surface area contributed by atoms with Gasteiger partial charge in [-0.15, -0.1) is 0 Å². The molecule has 1 N–H and O–H groups in total. The van der Waals surface area contributed by atoms with Crippen LogP contribution in [0.2, 0.25) is 5.15 Å². The molecule has 110 valence electrons. The molecule has 1 aromatic heterocycles. The van der Waals surface area contributed by atoms with E-state index in [1.54, 1.807) is 6.07 Å². The molecule has 22 heavy (non-hydrogen) atoms. The monoisotopic (exact) mass is 373 g/mol. The van der Waals surface area contributed by atoms with Crippen LogP contribution >= 0.6 is 27.5 Å². The highest BCUT2D eigenvalue weighted by atomic mass is 79.9. The maximum Gasteiger partial charge on any atom is 0.163 e. The van der Waals surface area contributed by atoms with Crippen LogP contribution in [0, 0.1) is 6.92 Å². The first kappa shape index (κ1) is 15.0.